The van der Waals surface area contributed by atoms with Gasteiger partial charge in [0.25, 0.3) is 0 Å². The van der Waals surface area contributed by atoms with Crippen molar-refractivity contribution in [1.82, 2.24) is 4.98 Å². The van der Waals surface area contributed by atoms with Crippen LogP contribution in [-0.2, 0) is 0 Å². The van der Waals surface area contributed by atoms with Crippen molar-refractivity contribution in [2.75, 3.05) is 0 Å². The first-order valence-electron chi connectivity index (χ1n) is 3.19. The summed E-state index contributed by atoms with van der Waals surface area (Å²) in [6.07, 6.45) is 1.61. The van der Waals surface area contributed by atoms with Crippen molar-refractivity contribution in [3.63, 3.8) is 0 Å². The molecular weight excluding hydrogens is 158 g/mol. The number of fused-ring (bicyclic) bond motifs is 1. The van der Waals surface area contributed by atoms with Gasteiger partial charge in [-0.15, -0.1) is 11.3 Å². The summed E-state index contributed by atoms with van der Waals surface area (Å²) in [6.45, 7) is 0. The maximum atomic E-state index is 11.1. The highest BCUT2D eigenvalue weighted by Crippen LogP contribution is 2.19. The number of nitrogens with zero attached hydrogens (tertiary/aromatic N) is 1. The molecule has 1 heterocycles. The van der Waals surface area contributed by atoms with E-state index in [1.807, 2.05) is 6.07 Å². The molecule has 0 aromatic rings. The summed E-state index contributed by atoms with van der Waals surface area (Å²) >= 11 is 1.48. The van der Waals surface area contributed by atoms with Crippen molar-refractivity contribution in [3.8, 4) is 10.4 Å². The standard InChI is InChI=1S/C8H5NOS/c10-7-2-1-3-8-6(7)4-9-5-11-8/h1-5H. The summed E-state index contributed by atoms with van der Waals surface area (Å²) in [4.78, 5) is 16.0. The van der Waals surface area contributed by atoms with Crippen LogP contribution in [0.4, 0.5) is 0 Å². The van der Waals surface area contributed by atoms with Gasteiger partial charge >= 0.3 is 0 Å². The molecule has 2 rings (SSSR count). The third-order valence-corrected chi connectivity index (χ3v) is 2.31. The molecule has 0 unspecified atom stereocenters. The maximum Gasteiger partial charge on any atom is 0.188 e. The van der Waals surface area contributed by atoms with Crippen molar-refractivity contribution in [3.05, 3.63) is 40.1 Å². The number of aromatic nitrogens is 1. The average molecular weight is 163 g/mol. The van der Waals surface area contributed by atoms with E-state index in [0.717, 1.165) is 4.88 Å². The average Bonchev–Trinajstić information content (AvgIpc) is 2.06. The Morgan fingerprint density at radius 3 is 3.09 bits per heavy atom. The van der Waals surface area contributed by atoms with Crippen LogP contribution in [-0.4, -0.2) is 4.98 Å². The number of benzene rings is 1. The minimum atomic E-state index is 0.0480. The van der Waals surface area contributed by atoms with E-state index in [0.29, 0.717) is 5.56 Å². The molecule has 2 nitrogen and oxygen atoms in total. The summed E-state index contributed by atoms with van der Waals surface area (Å²) in [7, 11) is 0. The van der Waals surface area contributed by atoms with Gasteiger partial charge in [-0.1, -0.05) is 6.07 Å². The predicted molar refractivity (Wildman–Crippen MR) is 45.0 cm³/mol. The molecule has 0 fully saturated rings. The Balaban J connectivity index is 2.90. The van der Waals surface area contributed by atoms with Crippen LogP contribution in [0.5, 0.6) is 0 Å². The van der Waals surface area contributed by atoms with Crippen LogP contribution in [0.3, 0.4) is 0 Å². The molecule has 1 aliphatic heterocycles. The Morgan fingerprint density at radius 2 is 2.27 bits per heavy atom. The number of hydrogen-bond acceptors (Lipinski definition) is 3. The molecule has 0 bridgehead atoms. The Kier molecular flexibility index (Phi) is 1.43. The van der Waals surface area contributed by atoms with Crippen molar-refractivity contribution in [2.45, 2.75) is 0 Å². The molecule has 0 N–H and O–H groups in total. The number of hydrogen-bond donors (Lipinski definition) is 0. The van der Waals surface area contributed by atoms with Crippen LogP contribution >= 0.6 is 11.3 Å². The molecule has 0 saturated heterocycles. The van der Waals surface area contributed by atoms with Crippen molar-refractivity contribution in [1.29, 1.82) is 0 Å². The lowest BCUT2D eigenvalue weighted by atomic mass is 10.2. The van der Waals surface area contributed by atoms with Gasteiger partial charge in [-0.3, -0.25) is 9.78 Å². The molecule has 0 radical (unpaired) electrons. The zero-order valence-electron chi connectivity index (χ0n) is 5.65. The first-order chi connectivity index (χ1) is 5.38. The van der Waals surface area contributed by atoms with Gasteiger partial charge in [0.05, 0.1) is 11.1 Å². The first-order valence-corrected chi connectivity index (χ1v) is 4.07. The topological polar surface area (TPSA) is 30.0 Å². The molecule has 0 atom stereocenters. The van der Waals surface area contributed by atoms with Crippen LogP contribution in [0.2, 0.25) is 0 Å². The molecule has 3 heteroatoms. The zero-order chi connectivity index (χ0) is 7.68. The van der Waals surface area contributed by atoms with Gasteiger partial charge in [0.2, 0.25) is 0 Å². The Morgan fingerprint density at radius 1 is 1.36 bits per heavy atom. The fourth-order valence-electron chi connectivity index (χ4n) is 0.946. The lowest BCUT2D eigenvalue weighted by molar-refractivity contribution is 1.37. The lowest BCUT2D eigenvalue weighted by Gasteiger charge is -1.97. The van der Waals surface area contributed by atoms with Crippen LogP contribution in [0.15, 0.2) is 34.7 Å². The van der Waals surface area contributed by atoms with E-state index >= 15 is 0 Å². The molecule has 0 aromatic carbocycles. The van der Waals surface area contributed by atoms with Gasteiger partial charge in [-0.25, -0.2) is 0 Å². The van der Waals surface area contributed by atoms with E-state index in [2.05, 4.69) is 4.98 Å². The zero-order valence-corrected chi connectivity index (χ0v) is 6.47. The molecule has 0 spiro atoms. The SMILES string of the molecule is O=c1cccc2scncc1-2. The minimum absolute atomic E-state index is 0.0480. The predicted octanol–water partition coefficient (Wildman–Crippen LogP) is 1.61. The van der Waals surface area contributed by atoms with Gasteiger partial charge in [0.1, 0.15) is 0 Å². The second kappa shape index (κ2) is 2.43. The molecule has 0 aromatic heterocycles. The summed E-state index contributed by atoms with van der Waals surface area (Å²) in [5.41, 5.74) is 2.48. The van der Waals surface area contributed by atoms with Gasteiger partial charge < -0.3 is 0 Å². The second-order valence-corrected chi connectivity index (χ2v) is 3.06. The Labute approximate surface area is 67.5 Å². The van der Waals surface area contributed by atoms with Crippen molar-refractivity contribution in [2.24, 2.45) is 0 Å². The van der Waals surface area contributed by atoms with E-state index in [9.17, 15) is 4.79 Å². The Bertz CT molecular complexity index is 396. The summed E-state index contributed by atoms with van der Waals surface area (Å²) < 4.78 is 0. The third-order valence-electron chi connectivity index (χ3n) is 1.47. The van der Waals surface area contributed by atoms with E-state index in [-0.39, 0.29) is 5.43 Å². The number of rotatable bonds is 0. The Hall–Kier alpha value is -1.22. The second-order valence-electron chi connectivity index (χ2n) is 2.17. The van der Waals surface area contributed by atoms with Crippen molar-refractivity contribution < 1.29 is 0 Å². The summed E-state index contributed by atoms with van der Waals surface area (Å²) in [6, 6.07) is 5.24. The van der Waals surface area contributed by atoms with E-state index < -0.39 is 0 Å². The monoisotopic (exact) mass is 163 g/mol. The molecule has 11 heavy (non-hydrogen) atoms. The molecule has 0 amide bonds. The summed E-state index contributed by atoms with van der Waals surface area (Å²) in [5.74, 6) is 0. The molecule has 54 valence electrons. The molecule has 2 aliphatic rings. The van der Waals surface area contributed by atoms with Crippen molar-refractivity contribution >= 4 is 11.3 Å². The molecule has 0 saturated carbocycles. The van der Waals surface area contributed by atoms with E-state index in [1.165, 1.54) is 11.3 Å². The largest absolute Gasteiger partial charge is 0.289 e. The van der Waals surface area contributed by atoms with E-state index in [1.54, 1.807) is 23.8 Å². The van der Waals surface area contributed by atoms with Gasteiger partial charge in [0.15, 0.2) is 5.43 Å². The highest BCUT2D eigenvalue weighted by molar-refractivity contribution is 7.13. The third kappa shape index (κ3) is 1.03. The van der Waals surface area contributed by atoms with Crippen LogP contribution in [0.25, 0.3) is 10.4 Å². The summed E-state index contributed by atoms with van der Waals surface area (Å²) in [5, 5.41) is 0. The normalized spacial score (nSPS) is 10.2. The quantitative estimate of drug-likeness (QED) is 0.590. The fraction of sp³-hybridized carbons (Fsp3) is 0. The highest BCUT2D eigenvalue weighted by Gasteiger charge is 2.02. The van der Waals surface area contributed by atoms with Crippen LogP contribution in [0, 0.1) is 0 Å². The minimum Gasteiger partial charge on any atom is -0.289 e. The lowest BCUT2D eigenvalue weighted by Crippen LogP contribution is -2.01. The first kappa shape index (κ1) is 6.49. The van der Waals surface area contributed by atoms with Crippen LogP contribution < -0.4 is 5.43 Å². The smallest absolute Gasteiger partial charge is 0.188 e. The van der Waals surface area contributed by atoms with Gasteiger partial charge in [-0.05, 0) is 12.1 Å². The highest BCUT2D eigenvalue weighted by atomic mass is 32.1. The molecular formula is C8H5NOS. The maximum absolute atomic E-state index is 11.1. The van der Waals surface area contributed by atoms with Crippen LogP contribution in [0.1, 0.15) is 0 Å². The van der Waals surface area contributed by atoms with Gasteiger partial charge in [0, 0.05) is 11.1 Å². The molecule has 1 aliphatic carbocycles. The van der Waals surface area contributed by atoms with E-state index in [4.69, 9.17) is 0 Å². The fourth-order valence-corrected chi connectivity index (χ4v) is 1.62. The van der Waals surface area contributed by atoms with Gasteiger partial charge in [-0.2, -0.15) is 0 Å².